The minimum Gasteiger partial charge on any atom is -0.361 e. The molecule has 2 aliphatic rings. The number of pyridine rings is 1. The van der Waals surface area contributed by atoms with Crippen LogP contribution >= 0.6 is 0 Å². The molecule has 0 amide bonds. The highest BCUT2D eigenvalue weighted by atomic mass is 15.3. The van der Waals surface area contributed by atoms with Crippen LogP contribution in [0.4, 0.5) is 5.69 Å². The summed E-state index contributed by atoms with van der Waals surface area (Å²) in [6.07, 6.45) is 2.62. The van der Waals surface area contributed by atoms with E-state index in [-0.39, 0.29) is 5.54 Å². The second-order valence-electron chi connectivity index (χ2n) is 8.38. The molecule has 3 unspecified atom stereocenters. The van der Waals surface area contributed by atoms with Gasteiger partial charge in [-0.15, -0.1) is 0 Å². The molecule has 1 aliphatic heterocycles. The topological polar surface area (TPSA) is 16.1 Å². The standard InChI is InChI=1S/C19H30N2/c1-12-11-13(2)20-14(3)16(12)21-15(4)18(7)9-10-19(21,8)17(18,5)6/h11,15H,9-10H2,1-8H3. The second kappa shape index (κ2) is 4.02. The van der Waals surface area contributed by atoms with Gasteiger partial charge in [-0.1, -0.05) is 20.8 Å². The van der Waals surface area contributed by atoms with Crippen LogP contribution in [0.2, 0.25) is 0 Å². The van der Waals surface area contributed by atoms with E-state index in [1.807, 2.05) is 0 Å². The summed E-state index contributed by atoms with van der Waals surface area (Å²) in [4.78, 5) is 7.47. The highest BCUT2D eigenvalue weighted by molar-refractivity contribution is 5.63. The normalized spacial score (nSPS) is 37.3. The molecule has 2 heteroatoms. The number of rotatable bonds is 1. The van der Waals surface area contributed by atoms with E-state index in [4.69, 9.17) is 4.98 Å². The largest absolute Gasteiger partial charge is 0.361 e. The van der Waals surface area contributed by atoms with E-state index >= 15 is 0 Å². The van der Waals surface area contributed by atoms with Gasteiger partial charge in [-0.25, -0.2) is 0 Å². The molecule has 1 aliphatic carbocycles. The highest BCUT2D eigenvalue weighted by Crippen LogP contribution is 2.69. The van der Waals surface area contributed by atoms with Gasteiger partial charge in [-0.05, 0) is 69.9 Å². The molecule has 2 heterocycles. The Bertz CT molecular complexity index is 578. The summed E-state index contributed by atoms with van der Waals surface area (Å²) >= 11 is 0. The molecule has 2 fully saturated rings. The Morgan fingerprint density at radius 2 is 1.71 bits per heavy atom. The Morgan fingerprint density at radius 1 is 1.10 bits per heavy atom. The molecule has 0 aromatic carbocycles. The van der Waals surface area contributed by atoms with E-state index in [2.05, 4.69) is 66.4 Å². The molecule has 1 saturated heterocycles. The van der Waals surface area contributed by atoms with Gasteiger partial charge in [-0.2, -0.15) is 0 Å². The van der Waals surface area contributed by atoms with Gasteiger partial charge in [0, 0.05) is 17.3 Å². The van der Waals surface area contributed by atoms with Gasteiger partial charge >= 0.3 is 0 Å². The van der Waals surface area contributed by atoms with Crippen LogP contribution in [-0.2, 0) is 0 Å². The van der Waals surface area contributed by atoms with Crippen molar-refractivity contribution in [1.29, 1.82) is 0 Å². The van der Waals surface area contributed by atoms with Crippen LogP contribution in [0.15, 0.2) is 6.07 Å². The van der Waals surface area contributed by atoms with E-state index in [0.29, 0.717) is 16.9 Å². The number of aromatic nitrogens is 1. The van der Waals surface area contributed by atoms with Crippen molar-refractivity contribution in [2.24, 2.45) is 10.8 Å². The minimum absolute atomic E-state index is 0.230. The maximum absolute atomic E-state index is 4.76. The van der Waals surface area contributed by atoms with E-state index in [1.165, 1.54) is 29.8 Å². The Labute approximate surface area is 130 Å². The van der Waals surface area contributed by atoms with Crippen molar-refractivity contribution >= 4 is 5.69 Å². The summed E-state index contributed by atoms with van der Waals surface area (Å²) in [5.41, 5.74) is 6.00. The SMILES string of the molecule is Cc1cc(C)c(N2C(C)C3(C)CCC2(C)C3(C)C)c(C)n1. The van der Waals surface area contributed by atoms with Gasteiger partial charge in [-0.3, -0.25) is 4.98 Å². The highest BCUT2D eigenvalue weighted by Gasteiger charge is 2.70. The van der Waals surface area contributed by atoms with Crippen molar-refractivity contribution in [2.45, 2.75) is 79.8 Å². The molecular weight excluding hydrogens is 256 g/mol. The molecule has 1 saturated carbocycles. The second-order valence-corrected chi connectivity index (χ2v) is 8.38. The van der Waals surface area contributed by atoms with Crippen LogP contribution in [0.25, 0.3) is 0 Å². The third kappa shape index (κ3) is 1.51. The fraction of sp³-hybridized carbons (Fsp3) is 0.737. The van der Waals surface area contributed by atoms with Crippen molar-refractivity contribution in [3.05, 3.63) is 23.0 Å². The molecule has 0 N–H and O–H groups in total. The Hall–Kier alpha value is -1.05. The lowest BCUT2D eigenvalue weighted by molar-refractivity contribution is 0.132. The molecule has 21 heavy (non-hydrogen) atoms. The molecular formula is C19H30N2. The molecule has 1 aromatic rings. The monoisotopic (exact) mass is 286 g/mol. The number of nitrogens with zero attached hydrogens (tertiary/aromatic N) is 2. The van der Waals surface area contributed by atoms with Gasteiger partial charge in [0.15, 0.2) is 0 Å². The van der Waals surface area contributed by atoms with Crippen LogP contribution < -0.4 is 4.90 Å². The average molecular weight is 286 g/mol. The number of hydrogen-bond acceptors (Lipinski definition) is 2. The average Bonchev–Trinajstić information content (AvgIpc) is 2.59. The number of aryl methyl sites for hydroxylation is 3. The van der Waals surface area contributed by atoms with Crippen molar-refractivity contribution in [1.82, 2.24) is 4.98 Å². The zero-order valence-corrected chi connectivity index (χ0v) is 15.0. The number of hydrogen-bond donors (Lipinski definition) is 0. The lowest BCUT2D eigenvalue weighted by Crippen LogP contribution is -2.51. The van der Waals surface area contributed by atoms with Gasteiger partial charge in [0.1, 0.15) is 0 Å². The van der Waals surface area contributed by atoms with Crippen molar-refractivity contribution in [2.75, 3.05) is 4.90 Å². The zero-order valence-electron chi connectivity index (χ0n) is 15.0. The van der Waals surface area contributed by atoms with Gasteiger partial charge in [0.05, 0.1) is 11.4 Å². The van der Waals surface area contributed by atoms with Crippen LogP contribution in [0.1, 0.15) is 64.4 Å². The maximum Gasteiger partial charge on any atom is 0.0619 e. The molecule has 1 aromatic heterocycles. The van der Waals surface area contributed by atoms with Gasteiger partial charge in [0.25, 0.3) is 0 Å². The minimum atomic E-state index is 0.230. The fourth-order valence-corrected chi connectivity index (χ4v) is 5.43. The first kappa shape index (κ1) is 14.9. The predicted octanol–water partition coefficient (Wildman–Crippen LogP) is 4.80. The summed E-state index contributed by atoms with van der Waals surface area (Å²) in [5, 5.41) is 0. The summed E-state index contributed by atoms with van der Waals surface area (Å²) in [6, 6.07) is 2.80. The third-order valence-electron chi connectivity index (χ3n) is 7.47. The van der Waals surface area contributed by atoms with Crippen molar-refractivity contribution in [3.63, 3.8) is 0 Å². The molecule has 3 atom stereocenters. The first-order valence-corrected chi connectivity index (χ1v) is 8.30. The maximum atomic E-state index is 4.76. The number of piperidine rings is 1. The van der Waals surface area contributed by atoms with E-state index < -0.39 is 0 Å². The van der Waals surface area contributed by atoms with Crippen molar-refractivity contribution < 1.29 is 0 Å². The summed E-state index contributed by atoms with van der Waals surface area (Å²) in [5.74, 6) is 0. The Balaban J connectivity index is 2.22. The van der Waals surface area contributed by atoms with Crippen molar-refractivity contribution in [3.8, 4) is 0 Å². The van der Waals surface area contributed by atoms with Crippen LogP contribution in [0, 0.1) is 31.6 Å². The van der Waals surface area contributed by atoms with E-state index in [1.54, 1.807) is 0 Å². The zero-order chi connectivity index (χ0) is 15.8. The molecule has 0 spiro atoms. The Morgan fingerprint density at radius 3 is 2.19 bits per heavy atom. The molecule has 3 rings (SSSR count). The molecule has 2 bridgehead atoms. The van der Waals surface area contributed by atoms with Gasteiger partial charge < -0.3 is 4.90 Å². The van der Waals surface area contributed by atoms with Gasteiger partial charge in [0.2, 0.25) is 0 Å². The molecule has 116 valence electrons. The smallest absolute Gasteiger partial charge is 0.0619 e. The summed E-state index contributed by atoms with van der Waals surface area (Å²) in [7, 11) is 0. The lowest BCUT2D eigenvalue weighted by Gasteiger charge is -2.46. The number of anilines is 1. The third-order valence-corrected chi connectivity index (χ3v) is 7.47. The lowest BCUT2D eigenvalue weighted by atomic mass is 9.65. The van der Waals surface area contributed by atoms with E-state index in [0.717, 1.165) is 5.69 Å². The van der Waals surface area contributed by atoms with Crippen LogP contribution in [0.3, 0.4) is 0 Å². The van der Waals surface area contributed by atoms with Crippen LogP contribution in [-0.4, -0.2) is 16.6 Å². The fourth-order valence-electron chi connectivity index (χ4n) is 5.43. The Kier molecular flexibility index (Phi) is 2.85. The molecule has 2 nitrogen and oxygen atoms in total. The quantitative estimate of drug-likeness (QED) is 0.737. The van der Waals surface area contributed by atoms with Crippen LogP contribution in [0.5, 0.6) is 0 Å². The predicted molar refractivity (Wildman–Crippen MR) is 89.9 cm³/mol. The molecule has 0 radical (unpaired) electrons. The summed E-state index contributed by atoms with van der Waals surface area (Å²) in [6.45, 7) is 18.9. The van der Waals surface area contributed by atoms with E-state index in [9.17, 15) is 0 Å². The summed E-state index contributed by atoms with van der Waals surface area (Å²) < 4.78 is 0. The first-order valence-electron chi connectivity index (χ1n) is 8.30. The number of fused-ring (bicyclic) bond motifs is 2. The first-order chi connectivity index (χ1) is 9.56.